The minimum Gasteiger partial charge on any atom is -0.484 e. The van der Waals surface area contributed by atoms with Gasteiger partial charge in [-0.1, -0.05) is 44.2 Å². The number of likely N-dealkylation sites (tertiary alicyclic amines) is 1. The van der Waals surface area contributed by atoms with Crippen LogP contribution in [0.2, 0.25) is 0 Å². The molecule has 2 N–H and O–H groups in total. The summed E-state index contributed by atoms with van der Waals surface area (Å²) >= 11 is 0. The number of hydrogen-bond acceptors (Lipinski definition) is 3. The van der Waals surface area contributed by atoms with Gasteiger partial charge in [0.25, 0.3) is 5.91 Å². The summed E-state index contributed by atoms with van der Waals surface area (Å²) in [4.78, 5) is 14.3. The van der Waals surface area contributed by atoms with Gasteiger partial charge in [-0.2, -0.15) is 0 Å². The van der Waals surface area contributed by atoms with E-state index in [0.717, 1.165) is 22.9 Å². The van der Waals surface area contributed by atoms with E-state index in [-0.39, 0.29) is 36.4 Å². The highest BCUT2D eigenvalue weighted by atomic mass is 35.5. The normalized spacial score (nSPS) is 19.6. The van der Waals surface area contributed by atoms with Crippen molar-refractivity contribution in [2.24, 2.45) is 11.1 Å². The van der Waals surface area contributed by atoms with Crippen molar-refractivity contribution >= 4 is 29.1 Å². The summed E-state index contributed by atoms with van der Waals surface area (Å²) in [5, 5.41) is 2.28. The Kier molecular flexibility index (Phi) is 5.73. The first-order valence-electron chi connectivity index (χ1n) is 8.11. The molecule has 4 nitrogen and oxygen atoms in total. The van der Waals surface area contributed by atoms with Crippen LogP contribution in [0, 0.1) is 5.41 Å². The van der Waals surface area contributed by atoms with Crippen molar-refractivity contribution < 1.29 is 9.53 Å². The summed E-state index contributed by atoms with van der Waals surface area (Å²) in [5.41, 5.74) is 6.08. The topological polar surface area (TPSA) is 55.6 Å². The minimum absolute atomic E-state index is 0. The van der Waals surface area contributed by atoms with E-state index in [4.69, 9.17) is 10.5 Å². The fourth-order valence-corrected chi connectivity index (χ4v) is 3.08. The van der Waals surface area contributed by atoms with Crippen molar-refractivity contribution in [3.63, 3.8) is 0 Å². The molecule has 0 spiro atoms. The summed E-state index contributed by atoms with van der Waals surface area (Å²) in [7, 11) is 0. The summed E-state index contributed by atoms with van der Waals surface area (Å²) < 4.78 is 5.70. The van der Waals surface area contributed by atoms with Gasteiger partial charge in [-0.25, -0.2) is 0 Å². The molecular weight excluding hydrogens is 324 g/mol. The van der Waals surface area contributed by atoms with Gasteiger partial charge in [-0.15, -0.1) is 12.4 Å². The molecule has 1 fully saturated rings. The number of nitrogens with two attached hydrogens (primary N) is 1. The molecule has 0 saturated carbocycles. The molecule has 0 bridgehead atoms. The fourth-order valence-electron chi connectivity index (χ4n) is 3.08. The summed E-state index contributed by atoms with van der Waals surface area (Å²) in [5.74, 6) is 0.753. The molecule has 130 valence electrons. The second-order valence-corrected chi connectivity index (χ2v) is 7.00. The van der Waals surface area contributed by atoms with Gasteiger partial charge in [0.15, 0.2) is 6.61 Å². The number of benzene rings is 2. The number of carbonyl (C=O) groups excluding carboxylic acids is 1. The first-order valence-corrected chi connectivity index (χ1v) is 8.11. The molecule has 1 aliphatic heterocycles. The van der Waals surface area contributed by atoms with Crippen LogP contribution < -0.4 is 10.5 Å². The summed E-state index contributed by atoms with van der Waals surface area (Å²) in [6.07, 6.45) is 0.842. The highest BCUT2D eigenvalue weighted by molar-refractivity contribution is 5.85. The molecule has 24 heavy (non-hydrogen) atoms. The van der Waals surface area contributed by atoms with Gasteiger partial charge >= 0.3 is 0 Å². The lowest BCUT2D eigenvalue weighted by Gasteiger charge is -2.42. The Bertz CT molecular complexity index is 717. The lowest BCUT2D eigenvalue weighted by Crippen LogP contribution is -2.54. The maximum absolute atomic E-state index is 12.4. The van der Waals surface area contributed by atoms with Gasteiger partial charge in [-0.3, -0.25) is 4.79 Å². The lowest BCUT2D eigenvalue weighted by atomic mass is 9.80. The number of ether oxygens (including phenoxy) is 1. The largest absolute Gasteiger partial charge is 0.484 e. The van der Waals surface area contributed by atoms with E-state index in [0.29, 0.717) is 13.1 Å². The van der Waals surface area contributed by atoms with E-state index >= 15 is 0 Å². The maximum atomic E-state index is 12.4. The van der Waals surface area contributed by atoms with Crippen LogP contribution in [0.15, 0.2) is 42.5 Å². The van der Waals surface area contributed by atoms with Crippen molar-refractivity contribution in [2.45, 2.75) is 26.3 Å². The average molecular weight is 349 g/mol. The number of fused-ring (bicyclic) bond motifs is 1. The first kappa shape index (κ1) is 18.6. The van der Waals surface area contributed by atoms with Gasteiger partial charge in [0.2, 0.25) is 0 Å². The van der Waals surface area contributed by atoms with Crippen molar-refractivity contribution in [1.82, 2.24) is 4.90 Å². The Hall–Kier alpha value is -1.78. The molecule has 1 unspecified atom stereocenters. The summed E-state index contributed by atoms with van der Waals surface area (Å²) in [6.45, 7) is 5.70. The zero-order chi connectivity index (χ0) is 16.4. The average Bonchev–Trinajstić information content (AvgIpc) is 2.55. The van der Waals surface area contributed by atoms with Crippen LogP contribution in [-0.2, 0) is 4.79 Å². The standard InChI is InChI=1S/C19H24N2O2.ClH/c1-19(2)13-21(10-9-17(19)20)18(22)12-23-16-8-7-14-5-3-4-6-15(14)11-16;/h3-8,11,17H,9-10,12-13,20H2,1-2H3;1H. The van der Waals surface area contributed by atoms with Gasteiger partial charge in [0.1, 0.15) is 5.75 Å². The Labute approximate surface area is 149 Å². The smallest absolute Gasteiger partial charge is 0.260 e. The second-order valence-electron chi connectivity index (χ2n) is 7.00. The number of halogens is 1. The third kappa shape index (κ3) is 4.00. The highest BCUT2D eigenvalue weighted by Crippen LogP contribution is 2.28. The minimum atomic E-state index is -0.0448. The van der Waals surface area contributed by atoms with Gasteiger partial charge < -0.3 is 15.4 Å². The molecule has 5 heteroatoms. The second kappa shape index (κ2) is 7.41. The van der Waals surface area contributed by atoms with E-state index in [9.17, 15) is 4.79 Å². The van der Waals surface area contributed by atoms with Crippen LogP contribution in [0.5, 0.6) is 5.75 Å². The number of rotatable bonds is 3. The van der Waals surface area contributed by atoms with Crippen LogP contribution >= 0.6 is 12.4 Å². The van der Waals surface area contributed by atoms with E-state index in [1.807, 2.05) is 41.3 Å². The van der Waals surface area contributed by atoms with Gasteiger partial charge in [0.05, 0.1) is 0 Å². The van der Waals surface area contributed by atoms with Crippen LogP contribution in [0.3, 0.4) is 0 Å². The fraction of sp³-hybridized carbons (Fsp3) is 0.421. The van der Waals surface area contributed by atoms with Crippen molar-refractivity contribution in [2.75, 3.05) is 19.7 Å². The zero-order valence-corrected chi connectivity index (χ0v) is 15.0. The van der Waals surface area contributed by atoms with Crippen molar-refractivity contribution in [3.8, 4) is 5.75 Å². The van der Waals surface area contributed by atoms with E-state index in [1.165, 1.54) is 0 Å². The Morgan fingerprint density at radius 2 is 1.96 bits per heavy atom. The van der Waals surface area contributed by atoms with Crippen LogP contribution in [0.4, 0.5) is 0 Å². The third-order valence-corrected chi connectivity index (χ3v) is 4.75. The highest BCUT2D eigenvalue weighted by Gasteiger charge is 2.35. The van der Waals surface area contributed by atoms with Crippen LogP contribution in [0.25, 0.3) is 10.8 Å². The molecule has 1 atom stereocenters. The predicted molar refractivity (Wildman–Crippen MR) is 99.6 cm³/mol. The van der Waals surface area contributed by atoms with Crippen molar-refractivity contribution in [3.05, 3.63) is 42.5 Å². The van der Waals surface area contributed by atoms with Gasteiger partial charge in [0, 0.05) is 19.1 Å². The quantitative estimate of drug-likeness (QED) is 0.926. The molecular formula is C19H25ClN2O2. The number of amides is 1. The number of piperidine rings is 1. The Balaban J connectivity index is 0.00000208. The maximum Gasteiger partial charge on any atom is 0.260 e. The van der Waals surface area contributed by atoms with Gasteiger partial charge in [-0.05, 0) is 34.7 Å². The third-order valence-electron chi connectivity index (χ3n) is 4.75. The molecule has 0 aromatic heterocycles. The molecule has 1 amide bonds. The molecule has 2 aromatic rings. The summed E-state index contributed by atoms with van der Waals surface area (Å²) in [6, 6.07) is 14.1. The molecule has 2 aromatic carbocycles. The predicted octanol–water partition coefficient (Wildman–Crippen LogP) is 3.23. The number of carbonyl (C=O) groups is 1. The molecule has 1 heterocycles. The Morgan fingerprint density at radius 3 is 2.67 bits per heavy atom. The van der Waals surface area contributed by atoms with E-state index in [1.54, 1.807) is 0 Å². The van der Waals surface area contributed by atoms with Crippen molar-refractivity contribution in [1.29, 1.82) is 0 Å². The van der Waals surface area contributed by atoms with E-state index < -0.39 is 0 Å². The molecule has 3 rings (SSSR count). The molecule has 0 aliphatic carbocycles. The number of nitrogens with zero attached hydrogens (tertiary/aromatic N) is 1. The number of hydrogen-bond donors (Lipinski definition) is 1. The van der Waals surface area contributed by atoms with Crippen LogP contribution in [-0.4, -0.2) is 36.5 Å². The van der Waals surface area contributed by atoms with E-state index in [2.05, 4.69) is 19.9 Å². The Morgan fingerprint density at radius 1 is 1.25 bits per heavy atom. The molecule has 1 aliphatic rings. The zero-order valence-electron chi connectivity index (χ0n) is 14.2. The molecule has 0 radical (unpaired) electrons. The SMILES string of the molecule is CC1(C)CN(C(=O)COc2ccc3ccccc3c2)CCC1N.Cl. The van der Waals surface area contributed by atoms with Crippen LogP contribution in [0.1, 0.15) is 20.3 Å². The first-order chi connectivity index (χ1) is 11.0. The lowest BCUT2D eigenvalue weighted by molar-refractivity contribution is -0.136. The monoisotopic (exact) mass is 348 g/mol. The molecule has 1 saturated heterocycles.